The normalized spacial score (nSPS) is 9.00. The van der Waals surface area contributed by atoms with Gasteiger partial charge in [-0.3, -0.25) is 4.79 Å². The van der Waals surface area contributed by atoms with E-state index < -0.39 is 0 Å². The lowest BCUT2D eigenvalue weighted by Gasteiger charge is -2.07. The average molecular weight is 266 g/mol. The monoisotopic (exact) mass is 265 g/mol. The Hall–Kier alpha value is -1.27. The Balaban J connectivity index is 2.85. The predicted octanol–water partition coefficient (Wildman–Crippen LogP) is 2.51. The Kier molecular flexibility index (Phi) is 4.38. The third-order valence-corrected chi connectivity index (χ3v) is 2.62. The van der Waals surface area contributed by atoms with Gasteiger partial charge in [-0.2, -0.15) is 0 Å². The molecule has 1 N–H and O–H groups in total. The minimum absolute atomic E-state index is 0.0947. The molecular weight excluding hydrogens is 254 g/mol. The number of amides is 1. The zero-order chi connectivity index (χ0) is 11.3. The van der Waals surface area contributed by atoms with Crippen LogP contribution in [-0.2, 0) is 0 Å². The number of hydrogen-bond donors (Lipinski definition) is 1. The fourth-order valence-electron chi connectivity index (χ4n) is 1.22. The number of hydrogen-bond acceptors (Lipinski definition) is 1. The summed E-state index contributed by atoms with van der Waals surface area (Å²) in [4.78, 5) is 11.8. The van der Waals surface area contributed by atoms with E-state index in [2.05, 4.69) is 33.1 Å². The fraction of sp³-hybridized carbons (Fsp3) is 0.250. The van der Waals surface area contributed by atoms with Gasteiger partial charge in [-0.25, -0.2) is 0 Å². The van der Waals surface area contributed by atoms with Crippen molar-refractivity contribution in [3.8, 4) is 11.8 Å². The summed E-state index contributed by atoms with van der Waals surface area (Å²) in [5.41, 5.74) is 1.63. The molecule has 0 atom stereocenters. The van der Waals surface area contributed by atoms with Gasteiger partial charge in [0.05, 0.1) is 12.1 Å². The van der Waals surface area contributed by atoms with Crippen LogP contribution >= 0.6 is 15.9 Å². The van der Waals surface area contributed by atoms with Crippen LogP contribution < -0.4 is 5.32 Å². The molecule has 0 heterocycles. The first-order valence-corrected chi connectivity index (χ1v) is 5.39. The summed E-state index contributed by atoms with van der Waals surface area (Å²) in [5.74, 6) is 5.42. The molecule has 1 rings (SSSR count). The summed E-state index contributed by atoms with van der Waals surface area (Å²) < 4.78 is 0.810. The third kappa shape index (κ3) is 3.10. The maximum Gasteiger partial charge on any atom is 0.253 e. The topological polar surface area (TPSA) is 29.1 Å². The van der Waals surface area contributed by atoms with Crippen LogP contribution in [0.1, 0.15) is 22.8 Å². The van der Waals surface area contributed by atoms with Crippen LogP contribution in [0.2, 0.25) is 0 Å². The molecule has 1 aromatic rings. The molecule has 3 heteroatoms. The van der Waals surface area contributed by atoms with Crippen LogP contribution in [0, 0.1) is 18.8 Å². The summed E-state index contributed by atoms with van der Waals surface area (Å²) in [5, 5.41) is 2.74. The van der Waals surface area contributed by atoms with Crippen molar-refractivity contribution >= 4 is 21.8 Å². The van der Waals surface area contributed by atoms with Gasteiger partial charge >= 0.3 is 0 Å². The number of carbonyl (C=O) groups is 1. The molecule has 78 valence electrons. The highest BCUT2D eigenvalue weighted by atomic mass is 79.9. The van der Waals surface area contributed by atoms with E-state index in [-0.39, 0.29) is 5.91 Å². The maximum absolute atomic E-state index is 11.8. The van der Waals surface area contributed by atoms with Gasteiger partial charge in [0, 0.05) is 4.47 Å². The summed E-state index contributed by atoms with van der Waals surface area (Å²) in [6.07, 6.45) is 0. The fourth-order valence-corrected chi connectivity index (χ4v) is 1.87. The number of aryl methyl sites for hydroxylation is 1. The van der Waals surface area contributed by atoms with Crippen molar-refractivity contribution in [2.45, 2.75) is 13.8 Å². The minimum Gasteiger partial charge on any atom is -0.341 e. The first-order valence-electron chi connectivity index (χ1n) is 4.59. The van der Waals surface area contributed by atoms with Crippen LogP contribution in [0.4, 0.5) is 0 Å². The van der Waals surface area contributed by atoms with Crippen LogP contribution in [0.25, 0.3) is 0 Å². The van der Waals surface area contributed by atoms with Gasteiger partial charge < -0.3 is 5.32 Å². The van der Waals surface area contributed by atoms with E-state index in [1.165, 1.54) is 0 Å². The molecule has 0 aliphatic rings. The highest BCUT2D eigenvalue weighted by Gasteiger charge is 2.11. The Bertz CT molecular complexity index is 409. The summed E-state index contributed by atoms with van der Waals surface area (Å²) in [7, 11) is 0. The van der Waals surface area contributed by atoms with Gasteiger partial charge in [-0.15, -0.1) is 5.92 Å². The Morgan fingerprint density at radius 2 is 2.27 bits per heavy atom. The van der Waals surface area contributed by atoms with Crippen LogP contribution in [0.15, 0.2) is 22.7 Å². The first-order chi connectivity index (χ1) is 7.16. The second kappa shape index (κ2) is 5.57. The molecule has 0 aliphatic heterocycles. The van der Waals surface area contributed by atoms with E-state index in [4.69, 9.17) is 0 Å². The van der Waals surface area contributed by atoms with E-state index in [0.29, 0.717) is 12.1 Å². The van der Waals surface area contributed by atoms with Crippen molar-refractivity contribution in [2.75, 3.05) is 6.54 Å². The predicted molar refractivity (Wildman–Crippen MR) is 64.7 cm³/mol. The van der Waals surface area contributed by atoms with Gasteiger partial charge in [0.1, 0.15) is 0 Å². The summed E-state index contributed by atoms with van der Waals surface area (Å²) in [6, 6.07) is 5.67. The minimum atomic E-state index is -0.0947. The molecule has 0 radical (unpaired) electrons. The van der Waals surface area contributed by atoms with Crippen LogP contribution in [0.5, 0.6) is 0 Å². The van der Waals surface area contributed by atoms with Gasteiger partial charge in [0.2, 0.25) is 0 Å². The van der Waals surface area contributed by atoms with Crippen molar-refractivity contribution in [3.63, 3.8) is 0 Å². The second-order valence-electron chi connectivity index (χ2n) is 3.04. The van der Waals surface area contributed by atoms with E-state index in [1.54, 1.807) is 6.92 Å². The molecule has 0 saturated carbocycles. The van der Waals surface area contributed by atoms with Crippen molar-refractivity contribution < 1.29 is 4.79 Å². The molecule has 15 heavy (non-hydrogen) atoms. The van der Waals surface area contributed by atoms with Crippen LogP contribution in [0.3, 0.4) is 0 Å². The Labute approximate surface area is 98.2 Å². The van der Waals surface area contributed by atoms with Crippen LogP contribution in [-0.4, -0.2) is 12.5 Å². The highest BCUT2D eigenvalue weighted by molar-refractivity contribution is 9.10. The number of rotatable bonds is 2. The molecule has 1 amide bonds. The smallest absolute Gasteiger partial charge is 0.253 e. The number of benzene rings is 1. The maximum atomic E-state index is 11.8. The van der Waals surface area contributed by atoms with Gasteiger partial charge in [0.15, 0.2) is 0 Å². The Morgan fingerprint density at radius 3 is 2.87 bits per heavy atom. The first kappa shape index (κ1) is 11.8. The molecule has 0 aliphatic carbocycles. The molecule has 0 unspecified atom stereocenters. The lowest BCUT2D eigenvalue weighted by Crippen LogP contribution is -2.24. The van der Waals surface area contributed by atoms with E-state index in [9.17, 15) is 4.79 Å². The molecule has 0 saturated heterocycles. The van der Waals surface area contributed by atoms with Gasteiger partial charge in [0.25, 0.3) is 5.91 Å². The molecule has 0 spiro atoms. The number of carbonyl (C=O) groups excluding carboxylic acids is 1. The third-order valence-electron chi connectivity index (χ3n) is 1.96. The molecule has 2 nitrogen and oxygen atoms in total. The standard InChI is InChI=1S/C12H12BrNO/c1-3-4-8-14-12(15)11-9(2)6-5-7-10(11)13/h5-7H,8H2,1-2H3,(H,14,15). The van der Waals surface area contributed by atoms with E-state index in [0.717, 1.165) is 10.0 Å². The van der Waals surface area contributed by atoms with Gasteiger partial charge in [-0.05, 0) is 41.4 Å². The molecule has 0 aromatic heterocycles. The quantitative estimate of drug-likeness (QED) is 0.819. The van der Waals surface area contributed by atoms with Crippen molar-refractivity contribution in [1.82, 2.24) is 5.32 Å². The van der Waals surface area contributed by atoms with E-state index >= 15 is 0 Å². The van der Waals surface area contributed by atoms with Crippen molar-refractivity contribution in [3.05, 3.63) is 33.8 Å². The zero-order valence-electron chi connectivity index (χ0n) is 8.73. The lowest BCUT2D eigenvalue weighted by molar-refractivity contribution is 0.0957. The largest absolute Gasteiger partial charge is 0.341 e. The van der Waals surface area contributed by atoms with Gasteiger partial charge in [-0.1, -0.05) is 18.1 Å². The molecular formula is C12H12BrNO. The highest BCUT2D eigenvalue weighted by Crippen LogP contribution is 2.19. The lowest BCUT2D eigenvalue weighted by atomic mass is 10.1. The SMILES string of the molecule is CC#CCNC(=O)c1c(C)cccc1Br. The number of nitrogens with one attached hydrogen (secondary N) is 1. The molecule has 0 fully saturated rings. The number of halogens is 1. The second-order valence-corrected chi connectivity index (χ2v) is 3.90. The van der Waals surface area contributed by atoms with Crippen molar-refractivity contribution in [2.24, 2.45) is 0 Å². The average Bonchev–Trinajstić information content (AvgIpc) is 2.18. The summed E-state index contributed by atoms with van der Waals surface area (Å²) in [6.45, 7) is 4.04. The van der Waals surface area contributed by atoms with Crippen molar-refractivity contribution in [1.29, 1.82) is 0 Å². The van der Waals surface area contributed by atoms with E-state index in [1.807, 2.05) is 25.1 Å². The molecule has 0 bridgehead atoms. The zero-order valence-corrected chi connectivity index (χ0v) is 10.3. The summed E-state index contributed by atoms with van der Waals surface area (Å²) >= 11 is 3.36. The molecule has 1 aromatic carbocycles. The Morgan fingerprint density at radius 1 is 1.53 bits per heavy atom.